The molecule has 2 unspecified atom stereocenters. The highest BCUT2D eigenvalue weighted by atomic mass is 35.5. The van der Waals surface area contributed by atoms with Gasteiger partial charge in [0.15, 0.2) is 0 Å². The summed E-state index contributed by atoms with van der Waals surface area (Å²) in [5, 5.41) is 3.90. The molecule has 0 saturated heterocycles. The van der Waals surface area contributed by atoms with Crippen molar-refractivity contribution in [1.29, 1.82) is 0 Å². The first-order chi connectivity index (χ1) is 8.60. The van der Waals surface area contributed by atoms with Gasteiger partial charge in [0.25, 0.3) is 0 Å². The van der Waals surface area contributed by atoms with Gasteiger partial charge in [0.2, 0.25) is 0 Å². The Bertz CT molecular complexity index is 368. The van der Waals surface area contributed by atoms with Gasteiger partial charge in [-0.25, -0.2) is 4.39 Å². The number of nitrogens with one attached hydrogen (secondary N) is 1. The van der Waals surface area contributed by atoms with E-state index in [4.69, 9.17) is 11.6 Å². The zero-order valence-corrected chi connectivity index (χ0v) is 12.2. The van der Waals surface area contributed by atoms with E-state index in [1.54, 1.807) is 12.1 Å². The normalized spacial score (nSPS) is 14.5. The van der Waals surface area contributed by atoms with Crippen LogP contribution < -0.4 is 5.32 Å². The summed E-state index contributed by atoms with van der Waals surface area (Å²) in [6.07, 6.45) is 3.24. The smallest absolute Gasteiger partial charge is 0.129 e. The predicted octanol–water partition coefficient (Wildman–Crippen LogP) is 4.96. The van der Waals surface area contributed by atoms with Crippen molar-refractivity contribution in [2.24, 2.45) is 5.92 Å². The maximum atomic E-state index is 14.0. The highest BCUT2D eigenvalue weighted by Gasteiger charge is 2.21. The molecular formula is C15H23ClFN. The molecule has 1 N–H and O–H groups in total. The first-order valence-corrected chi connectivity index (χ1v) is 7.16. The van der Waals surface area contributed by atoms with Gasteiger partial charge < -0.3 is 5.32 Å². The van der Waals surface area contributed by atoms with Crippen LogP contribution in [0.5, 0.6) is 0 Å². The van der Waals surface area contributed by atoms with Gasteiger partial charge in [-0.1, -0.05) is 44.9 Å². The summed E-state index contributed by atoms with van der Waals surface area (Å²) in [4.78, 5) is 0. The molecule has 2 atom stereocenters. The van der Waals surface area contributed by atoms with Crippen LogP contribution in [0, 0.1) is 11.7 Å². The molecule has 1 nitrogen and oxygen atoms in total. The average molecular weight is 272 g/mol. The Labute approximate surface area is 115 Å². The Morgan fingerprint density at radius 3 is 2.56 bits per heavy atom. The maximum absolute atomic E-state index is 14.0. The van der Waals surface area contributed by atoms with Crippen LogP contribution in [0.25, 0.3) is 0 Å². The van der Waals surface area contributed by atoms with E-state index >= 15 is 0 Å². The predicted molar refractivity (Wildman–Crippen MR) is 76.5 cm³/mol. The zero-order valence-electron chi connectivity index (χ0n) is 11.5. The van der Waals surface area contributed by atoms with Gasteiger partial charge in [0, 0.05) is 16.6 Å². The number of halogens is 2. The Morgan fingerprint density at radius 2 is 2.00 bits per heavy atom. The molecule has 0 aliphatic heterocycles. The number of benzene rings is 1. The van der Waals surface area contributed by atoms with Crippen LogP contribution in [0.2, 0.25) is 5.02 Å². The summed E-state index contributed by atoms with van der Waals surface area (Å²) in [6.45, 7) is 7.35. The third kappa shape index (κ3) is 4.25. The van der Waals surface area contributed by atoms with Crippen LogP contribution in [-0.4, -0.2) is 6.54 Å². The van der Waals surface area contributed by atoms with Crippen molar-refractivity contribution in [3.05, 3.63) is 34.6 Å². The lowest BCUT2D eigenvalue weighted by Crippen LogP contribution is -2.28. The van der Waals surface area contributed by atoms with Crippen LogP contribution >= 0.6 is 11.6 Å². The minimum atomic E-state index is -0.209. The molecule has 18 heavy (non-hydrogen) atoms. The average Bonchev–Trinajstić information content (AvgIpc) is 2.32. The molecule has 0 aliphatic carbocycles. The van der Waals surface area contributed by atoms with Gasteiger partial charge >= 0.3 is 0 Å². The minimum Gasteiger partial charge on any atom is -0.310 e. The molecule has 0 bridgehead atoms. The minimum absolute atomic E-state index is 0.0715. The third-order valence-corrected chi connectivity index (χ3v) is 3.46. The van der Waals surface area contributed by atoms with Gasteiger partial charge in [-0.15, -0.1) is 0 Å². The number of rotatable bonds is 7. The summed E-state index contributed by atoms with van der Waals surface area (Å²) >= 11 is 5.81. The van der Waals surface area contributed by atoms with E-state index < -0.39 is 0 Å². The van der Waals surface area contributed by atoms with Crippen molar-refractivity contribution in [3.8, 4) is 0 Å². The van der Waals surface area contributed by atoms with Crippen molar-refractivity contribution in [2.45, 2.75) is 46.1 Å². The second kappa shape index (κ2) is 7.75. The number of hydrogen-bond acceptors (Lipinski definition) is 1. The molecule has 0 aromatic heterocycles. The molecule has 102 valence electrons. The summed E-state index contributed by atoms with van der Waals surface area (Å²) in [5.74, 6) is 0.205. The van der Waals surface area contributed by atoms with Crippen LogP contribution in [-0.2, 0) is 0 Å². The van der Waals surface area contributed by atoms with Crippen molar-refractivity contribution in [1.82, 2.24) is 5.32 Å². The quantitative estimate of drug-likeness (QED) is 0.739. The second-order valence-corrected chi connectivity index (χ2v) is 5.30. The maximum Gasteiger partial charge on any atom is 0.129 e. The van der Waals surface area contributed by atoms with Crippen LogP contribution in [0.15, 0.2) is 18.2 Å². The standard InChI is InChI=1S/C15H23ClFN/c1-4-6-11(3)15(18-9-5-2)13-8-7-12(16)10-14(13)17/h7-8,10-11,15,18H,4-6,9H2,1-3H3. The molecule has 0 saturated carbocycles. The Balaban J connectivity index is 2.93. The van der Waals surface area contributed by atoms with E-state index in [9.17, 15) is 4.39 Å². The highest BCUT2D eigenvalue weighted by Crippen LogP contribution is 2.29. The van der Waals surface area contributed by atoms with Crippen molar-refractivity contribution in [2.75, 3.05) is 6.54 Å². The largest absolute Gasteiger partial charge is 0.310 e. The monoisotopic (exact) mass is 271 g/mol. The Morgan fingerprint density at radius 1 is 1.28 bits per heavy atom. The highest BCUT2D eigenvalue weighted by molar-refractivity contribution is 6.30. The van der Waals surface area contributed by atoms with Gasteiger partial charge in [0.1, 0.15) is 5.82 Å². The lowest BCUT2D eigenvalue weighted by atomic mass is 9.90. The van der Waals surface area contributed by atoms with E-state index in [0.29, 0.717) is 10.9 Å². The Hall–Kier alpha value is -0.600. The fourth-order valence-corrected chi connectivity index (χ4v) is 2.45. The molecule has 3 heteroatoms. The van der Waals surface area contributed by atoms with E-state index in [0.717, 1.165) is 31.4 Å². The van der Waals surface area contributed by atoms with E-state index in [1.807, 2.05) is 0 Å². The van der Waals surface area contributed by atoms with Crippen LogP contribution in [0.3, 0.4) is 0 Å². The van der Waals surface area contributed by atoms with E-state index in [2.05, 4.69) is 26.1 Å². The molecule has 0 amide bonds. The summed E-state index contributed by atoms with van der Waals surface area (Å²) in [7, 11) is 0. The molecule has 0 spiro atoms. The summed E-state index contributed by atoms with van der Waals surface area (Å²) in [5.41, 5.74) is 0.730. The second-order valence-electron chi connectivity index (χ2n) is 4.86. The molecule has 0 radical (unpaired) electrons. The van der Waals surface area contributed by atoms with Gasteiger partial charge in [-0.05, 0) is 37.4 Å². The zero-order chi connectivity index (χ0) is 13.5. The summed E-state index contributed by atoms with van der Waals surface area (Å²) < 4.78 is 14.0. The van der Waals surface area contributed by atoms with E-state index in [-0.39, 0.29) is 11.9 Å². The molecule has 0 aliphatic rings. The first-order valence-electron chi connectivity index (χ1n) is 6.78. The van der Waals surface area contributed by atoms with E-state index in [1.165, 1.54) is 6.07 Å². The van der Waals surface area contributed by atoms with Crippen molar-refractivity contribution < 1.29 is 4.39 Å². The SMILES string of the molecule is CCCNC(c1ccc(Cl)cc1F)C(C)CCC. The fourth-order valence-electron chi connectivity index (χ4n) is 2.29. The van der Waals surface area contributed by atoms with Crippen molar-refractivity contribution >= 4 is 11.6 Å². The topological polar surface area (TPSA) is 12.0 Å². The fraction of sp³-hybridized carbons (Fsp3) is 0.600. The van der Waals surface area contributed by atoms with Crippen LogP contribution in [0.1, 0.15) is 51.6 Å². The molecule has 0 heterocycles. The molecule has 1 aromatic carbocycles. The van der Waals surface area contributed by atoms with Gasteiger partial charge in [-0.3, -0.25) is 0 Å². The number of hydrogen-bond donors (Lipinski definition) is 1. The first kappa shape index (κ1) is 15.5. The molecular weight excluding hydrogens is 249 g/mol. The third-order valence-electron chi connectivity index (χ3n) is 3.22. The molecule has 1 aromatic rings. The molecule has 1 rings (SSSR count). The lowest BCUT2D eigenvalue weighted by Gasteiger charge is -2.26. The Kier molecular flexibility index (Phi) is 6.66. The van der Waals surface area contributed by atoms with Gasteiger partial charge in [0.05, 0.1) is 0 Å². The summed E-state index contributed by atoms with van der Waals surface area (Å²) in [6, 6.07) is 5.04. The van der Waals surface area contributed by atoms with Crippen LogP contribution in [0.4, 0.5) is 4.39 Å². The van der Waals surface area contributed by atoms with Gasteiger partial charge in [-0.2, -0.15) is 0 Å². The molecule has 0 fully saturated rings. The van der Waals surface area contributed by atoms with Crippen molar-refractivity contribution in [3.63, 3.8) is 0 Å². The lowest BCUT2D eigenvalue weighted by molar-refractivity contribution is 0.353.